The van der Waals surface area contributed by atoms with Crippen molar-refractivity contribution in [2.24, 2.45) is 0 Å². The third kappa shape index (κ3) is 3.30. The number of hydrogen-bond acceptors (Lipinski definition) is 2. The maximum absolute atomic E-state index is 4.66. The highest BCUT2D eigenvalue weighted by Gasteiger charge is 2.09. The first kappa shape index (κ1) is 13.0. The number of para-hydroxylation sites is 1. The van der Waals surface area contributed by atoms with E-state index in [1.165, 1.54) is 10.9 Å². The predicted molar refractivity (Wildman–Crippen MR) is 77.9 cm³/mol. The smallest absolute Gasteiger partial charge is 0.0737 e. The zero-order valence-electron chi connectivity index (χ0n) is 11.7. The van der Waals surface area contributed by atoms with Crippen molar-refractivity contribution in [2.45, 2.75) is 39.7 Å². The van der Waals surface area contributed by atoms with E-state index < -0.39 is 0 Å². The zero-order chi connectivity index (χ0) is 13.2. The van der Waals surface area contributed by atoms with E-state index in [0.29, 0.717) is 0 Å². The van der Waals surface area contributed by atoms with Crippen molar-refractivity contribution >= 4 is 10.9 Å². The second kappa shape index (κ2) is 5.07. The number of aromatic nitrogens is 1. The highest BCUT2D eigenvalue weighted by molar-refractivity contribution is 5.81. The van der Waals surface area contributed by atoms with Crippen LogP contribution in [0.25, 0.3) is 10.9 Å². The SMILES string of the molecule is Cc1ccc2cccc(CCNC(C)(C)C)c2n1. The molecule has 1 N–H and O–H groups in total. The molecule has 18 heavy (non-hydrogen) atoms. The molecule has 0 atom stereocenters. The summed E-state index contributed by atoms with van der Waals surface area (Å²) in [6.07, 6.45) is 1.02. The lowest BCUT2D eigenvalue weighted by molar-refractivity contribution is 0.430. The summed E-state index contributed by atoms with van der Waals surface area (Å²) in [5.41, 5.74) is 3.73. The van der Waals surface area contributed by atoms with Gasteiger partial charge in [0, 0.05) is 16.6 Å². The average Bonchev–Trinajstić information content (AvgIpc) is 2.28. The molecule has 2 aromatic rings. The molecule has 0 radical (unpaired) electrons. The number of rotatable bonds is 3. The van der Waals surface area contributed by atoms with Gasteiger partial charge in [-0.25, -0.2) is 0 Å². The van der Waals surface area contributed by atoms with Gasteiger partial charge in [0.15, 0.2) is 0 Å². The standard InChI is InChI=1S/C16H22N2/c1-12-8-9-13-6-5-7-14(15(13)18-12)10-11-17-16(2,3)4/h5-9,17H,10-11H2,1-4H3. The number of nitrogens with one attached hydrogen (secondary N) is 1. The first-order valence-corrected chi connectivity index (χ1v) is 6.56. The molecule has 0 aliphatic heterocycles. The quantitative estimate of drug-likeness (QED) is 0.891. The van der Waals surface area contributed by atoms with Crippen molar-refractivity contribution in [3.05, 3.63) is 41.6 Å². The molecule has 0 saturated carbocycles. The molecule has 1 heterocycles. The van der Waals surface area contributed by atoms with Gasteiger partial charge in [0.1, 0.15) is 0 Å². The molecule has 0 amide bonds. The maximum atomic E-state index is 4.66. The van der Waals surface area contributed by atoms with Crippen LogP contribution in [-0.2, 0) is 6.42 Å². The van der Waals surface area contributed by atoms with Gasteiger partial charge in [0.25, 0.3) is 0 Å². The number of pyridine rings is 1. The van der Waals surface area contributed by atoms with E-state index in [1.807, 2.05) is 6.92 Å². The highest BCUT2D eigenvalue weighted by atomic mass is 14.9. The first-order valence-electron chi connectivity index (χ1n) is 6.56. The fourth-order valence-electron chi connectivity index (χ4n) is 2.08. The molecule has 0 unspecified atom stereocenters. The van der Waals surface area contributed by atoms with Crippen molar-refractivity contribution < 1.29 is 0 Å². The second-order valence-corrected chi connectivity index (χ2v) is 5.87. The van der Waals surface area contributed by atoms with Crippen LogP contribution in [0, 0.1) is 6.92 Å². The number of benzene rings is 1. The van der Waals surface area contributed by atoms with Crippen LogP contribution < -0.4 is 5.32 Å². The van der Waals surface area contributed by atoms with Crippen molar-refractivity contribution in [3.8, 4) is 0 Å². The van der Waals surface area contributed by atoms with E-state index >= 15 is 0 Å². The molecule has 0 spiro atoms. The Morgan fingerprint density at radius 3 is 2.61 bits per heavy atom. The second-order valence-electron chi connectivity index (χ2n) is 5.87. The van der Waals surface area contributed by atoms with E-state index in [-0.39, 0.29) is 5.54 Å². The fraction of sp³-hybridized carbons (Fsp3) is 0.438. The summed E-state index contributed by atoms with van der Waals surface area (Å²) in [5, 5.41) is 4.75. The minimum absolute atomic E-state index is 0.175. The van der Waals surface area contributed by atoms with Crippen LogP contribution in [0.5, 0.6) is 0 Å². The third-order valence-electron chi connectivity index (χ3n) is 2.99. The Labute approximate surface area is 109 Å². The van der Waals surface area contributed by atoms with E-state index in [1.54, 1.807) is 0 Å². The number of hydrogen-bond donors (Lipinski definition) is 1. The van der Waals surface area contributed by atoms with Gasteiger partial charge in [-0.2, -0.15) is 0 Å². The minimum atomic E-state index is 0.175. The molecule has 96 valence electrons. The summed E-state index contributed by atoms with van der Waals surface area (Å²) < 4.78 is 0. The predicted octanol–water partition coefficient (Wildman–Crippen LogP) is 3.47. The molecule has 2 rings (SSSR count). The van der Waals surface area contributed by atoms with Gasteiger partial charge in [-0.3, -0.25) is 4.98 Å². The van der Waals surface area contributed by atoms with Gasteiger partial charge in [-0.15, -0.1) is 0 Å². The highest BCUT2D eigenvalue weighted by Crippen LogP contribution is 2.17. The van der Waals surface area contributed by atoms with Gasteiger partial charge in [-0.05, 0) is 52.3 Å². The number of aryl methyl sites for hydroxylation is 1. The number of fused-ring (bicyclic) bond motifs is 1. The molecular weight excluding hydrogens is 220 g/mol. The topological polar surface area (TPSA) is 24.9 Å². The minimum Gasteiger partial charge on any atom is -0.312 e. The number of nitrogens with zero attached hydrogens (tertiary/aromatic N) is 1. The molecular formula is C16H22N2. The van der Waals surface area contributed by atoms with Gasteiger partial charge in [-0.1, -0.05) is 24.3 Å². The Balaban J connectivity index is 2.20. The average molecular weight is 242 g/mol. The van der Waals surface area contributed by atoms with Crippen LogP contribution in [0.1, 0.15) is 32.0 Å². The Kier molecular flexibility index (Phi) is 3.67. The summed E-state index contributed by atoms with van der Waals surface area (Å²) in [6, 6.07) is 10.6. The molecule has 1 aromatic heterocycles. The van der Waals surface area contributed by atoms with Crippen molar-refractivity contribution in [3.63, 3.8) is 0 Å². The van der Waals surface area contributed by atoms with E-state index in [4.69, 9.17) is 0 Å². The monoisotopic (exact) mass is 242 g/mol. The Morgan fingerprint density at radius 2 is 1.89 bits per heavy atom. The van der Waals surface area contributed by atoms with Crippen LogP contribution >= 0.6 is 0 Å². The van der Waals surface area contributed by atoms with Crippen LogP contribution in [0.4, 0.5) is 0 Å². The summed E-state index contributed by atoms with van der Waals surface area (Å²) in [5.74, 6) is 0. The van der Waals surface area contributed by atoms with E-state index in [0.717, 1.165) is 24.2 Å². The largest absolute Gasteiger partial charge is 0.312 e. The van der Waals surface area contributed by atoms with E-state index in [2.05, 4.69) is 61.4 Å². The zero-order valence-corrected chi connectivity index (χ0v) is 11.7. The summed E-state index contributed by atoms with van der Waals surface area (Å²) >= 11 is 0. The van der Waals surface area contributed by atoms with Crippen molar-refractivity contribution in [1.29, 1.82) is 0 Å². The molecule has 0 fully saturated rings. The molecule has 0 aliphatic rings. The molecule has 0 bridgehead atoms. The van der Waals surface area contributed by atoms with Gasteiger partial charge < -0.3 is 5.32 Å². The lowest BCUT2D eigenvalue weighted by Gasteiger charge is -2.20. The Hall–Kier alpha value is -1.41. The summed E-state index contributed by atoms with van der Waals surface area (Å²) in [7, 11) is 0. The summed E-state index contributed by atoms with van der Waals surface area (Å²) in [4.78, 5) is 4.66. The first-order chi connectivity index (χ1) is 8.46. The molecule has 1 aromatic carbocycles. The third-order valence-corrected chi connectivity index (χ3v) is 2.99. The van der Waals surface area contributed by atoms with Gasteiger partial charge in [0.05, 0.1) is 5.52 Å². The lowest BCUT2D eigenvalue weighted by atomic mass is 10.0. The van der Waals surface area contributed by atoms with Crippen LogP contribution in [0.15, 0.2) is 30.3 Å². The fourth-order valence-corrected chi connectivity index (χ4v) is 2.08. The maximum Gasteiger partial charge on any atom is 0.0737 e. The normalized spacial score (nSPS) is 12.0. The Morgan fingerprint density at radius 1 is 1.11 bits per heavy atom. The lowest BCUT2D eigenvalue weighted by Crippen LogP contribution is -2.37. The van der Waals surface area contributed by atoms with E-state index in [9.17, 15) is 0 Å². The van der Waals surface area contributed by atoms with Gasteiger partial charge >= 0.3 is 0 Å². The molecule has 0 saturated heterocycles. The van der Waals surface area contributed by atoms with Crippen molar-refractivity contribution in [1.82, 2.24) is 10.3 Å². The molecule has 0 aliphatic carbocycles. The van der Waals surface area contributed by atoms with Gasteiger partial charge in [0.2, 0.25) is 0 Å². The van der Waals surface area contributed by atoms with Crippen LogP contribution in [0.3, 0.4) is 0 Å². The van der Waals surface area contributed by atoms with Crippen molar-refractivity contribution in [2.75, 3.05) is 6.54 Å². The summed E-state index contributed by atoms with van der Waals surface area (Å²) in [6.45, 7) is 9.61. The van der Waals surface area contributed by atoms with Crippen LogP contribution in [-0.4, -0.2) is 17.1 Å². The Bertz CT molecular complexity index is 538. The van der Waals surface area contributed by atoms with Crippen LogP contribution in [0.2, 0.25) is 0 Å². The molecule has 2 nitrogen and oxygen atoms in total. The molecule has 2 heteroatoms.